The van der Waals surface area contributed by atoms with E-state index < -0.39 is 0 Å². The van der Waals surface area contributed by atoms with Gasteiger partial charge in [0.2, 0.25) is 0 Å². The van der Waals surface area contributed by atoms with Crippen molar-refractivity contribution in [3.05, 3.63) is 17.7 Å². The van der Waals surface area contributed by atoms with Gasteiger partial charge in [-0.05, 0) is 45.1 Å². The van der Waals surface area contributed by atoms with E-state index in [1.165, 1.54) is 50.0 Å². The van der Waals surface area contributed by atoms with E-state index in [1.54, 1.807) is 0 Å². The highest BCUT2D eigenvalue weighted by molar-refractivity contribution is 5.15. The Hall–Kier alpha value is -0.830. The molecule has 1 unspecified atom stereocenters. The molecule has 1 aromatic rings. The van der Waals surface area contributed by atoms with Gasteiger partial charge in [0, 0.05) is 23.9 Å². The lowest BCUT2D eigenvalue weighted by atomic mass is 9.84. The van der Waals surface area contributed by atoms with Crippen LogP contribution in [-0.4, -0.2) is 16.1 Å². The van der Waals surface area contributed by atoms with Crippen LogP contribution in [0, 0.1) is 0 Å². The van der Waals surface area contributed by atoms with Crippen LogP contribution >= 0.6 is 0 Å². The number of fused-ring (bicyclic) bond motifs is 1. The summed E-state index contributed by atoms with van der Waals surface area (Å²) in [6.07, 6.45) is 11.1. The summed E-state index contributed by atoms with van der Waals surface area (Å²) < 4.78 is 2.53. The van der Waals surface area contributed by atoms with Crippen molar-refractivity contribution in [3.8, 4) is 0 Å². The quantitative estimate of drug-likeness (QED) is 0.848. The molecule has 1 atom stereocenters. The van der Waals surface area contributed by atoms with Crippen LogP contribution in [0.4, 0.5) is 0 Å². The van der Waals surface area contributed by atoms with Crippen molar-refractivity contribution in [2.24, 2.45) is 5.73 Å². The van der Waals surface area contributed by atoms with Gasteiger partial charge in [0.05, 0.1) is 0 Å². The number of rotatable bonds is 3. The Bertz CT molecular complexity index is 365. The number of hydrogen-bond donors (Lipinski definition) is 1. The molecule has 1 aromatic heterocycles. The molecule has 3 nitrogen and oxygen atoms in total. The van der Waals surface area contributed by atoms with Gasteiger partial charge in [-0.25, -0.2) is 4.98 Å². The Morgan fingerprint density at radius 1 is 1.31 bits per heavy atom. The fourth-order valence-corrected chi connectivity index (χ4v) is 3.10. The van der Waals surface area contributed by atoms with Crippen LogP contribution in [0.2, 0.25) is 0 Å². The van der Waals surface area contributed by atoms with Crippen LogP contribution < -0.4 is 5.73 Å². The summed E-state index contributed by atoms with van der Waals surface area (Å²) in [7, 11) is 0. The molecule has 2 aliphatic rings. The molecule has 0 aromatic carbocycles. The third kappa shape index (κ3) is 1.58. The van der Waals surface area contributed by atoms with Crippen molar-refractivity contribution >= 4 is 0 Å². The van der Waals surface area contributed by atoms with E-state index in [2.05, 4.69) is 15.7 Å². The van der Waals surface area contributed by atoms with Gasteiger partial charge in [0.25, 0.3) is 0 Å². The van der Waals surface area contributed by atoms with Gasteiger partial charge < -0.3 is 10.3 Å². The number of aromatic nitrogens is 2. The zero-order chi connectivity index (χ0) is 11.0. The Balaban J connectivity index is 1.92. The molecule has 1 aliphatic carbocycles. The van der Waals surface area contributed by atoms with Crippen molar-refractivity contribution in [2.75, 3.05) is 6.54 Å². The van der Waals surface area contributed by atoms with Crippen molar-refractivity contribution in [3.63, 3.8) is 0 Å². The molecular formula is C13H21N3. The SMILES string of the molecule is NCCC1CCCc2cnc(C3CCC3)n21. The van der Waals surface area contributed by atoms with E-state index >= 15 is 0 Å². The minimum Gasteiger partial charge on any atom is -0.330 e. The van der Waals surface area contributed by atoms with Gasteiger partial charge in [0.1, 0.15) is 5.82 Å². The summed E-state index contributed by atoms with van der Waals surface area (Å²) in [5, 5.41) is 0. The summed E-state index contributed by atoms with van der Waals surface area (Å²) in [6, 6.07) is 0.631. The third-order valence-electron chi connectivity index (χ3n) is 4.21. The molecule has 1 aliphatic heterocycles. The number of nitrogens with two attached hydrogens (primary N) is 1. The van der Waals surface area contributed by atoms with E-state index in [-0.39, 0.29) is 0 Å². The van der Waals surface area contributed by atoms with Crippen LogP contribution in [0.1, 0.15) is 62.0 Å². The highest BCUT2D eigenvalue weighted by Crippen LogP contribution is 2.39. The van der Waals surface area contributed by atoms with Crippen molar-refractivity contribution in [2.45, 2.75) is 56.9 Å². The van der Waals surface area contributed by atoms with Gasteiger partial charge in [-0.1, -0.05) is 6.42 Å². The summed E-state index contributed by atoms with van der Waals surface area (Å²) in [5.41, 5.74) is 7.17. The summed E-state index contributed by atoms with van der Waals surface area (Å²) in [4.78, 5) is 4.67. The minimum atomic E-state index is 0.631. The van der Waals surface area contributed by atoms with E-state index in [4.69, 9.17) is 5.73 Å². The Kier molecular flexibility index (Phi) is 2.72. The average molecular weight is 219 g/mol. The molecule has 1 saturated carbocycles. The van der Waals surface area contributed by atoms with Crippen molar-refractivity contribution in [1.82, 2.24) is 9.55 Å². The smallest absolute Gasteiger partial charge is 0.112 e. The molecule has 3 heteroatoms. The summed E-state index contributed by atoms with van der Waals surface area (Å²) >= 11 is 0. The van der Waals surface area contributed by atoms with E-state index in [1.807, 2.05) is 0 Å². The lowest BCUT2D eigenvalue weighted by molar-refractivity contribution is 0.329. The molecule has 88 valence electrons. The van der Waals surface area contributed by atoms with Gasteiger partial charge >= 0.3 is 0 Å². The largest absolute Gasteiger partial charge is 0.330 e. The molecule has 3 rings (SSSR count). The second kappa shape index (κ2) is 4.21. The second-order valence-electron chi connectivity index (χ2n) is 5.23. The fraction of sp³-hybridized carbons (Fsp3) is 0.769. The lowest BCUT2D eigenvalue weighted by Crippen LogP contribution is -2.25. The molecule has 0 radical (unpaired) electrons. The van der Waals surface area contributed by atoms with Crippen LogP contribution in [0.25, 0.3) is 0 Å². The maximum Gasteiger partial charge on any atom is 0.112 e. The van der Waals surface area contributed by atoms with Crippen LogP contribution in [0.5, 0.6) is 0 Å². The first-order chi connectivity index (χ1) is 7.90. The lowest BCUT2D eigenvalue weighted by Gasteiger charge is -2.32. The Morgan fingerprint density at radius 3 is 2.88 bits per heavy atom. The van der Waals surface area contributed by atoms with Gasteiger partial charge in [-0.3, -0.25) is 0 Å². The van der Waals surface area contributed by atoms with Gasteiger partial charge in [-0.15, -0.1) is 0 Å². The first kappa shape index (κ1) is 10.3. The summed E-state index contributed by atoms with van der Waals surface area (Å²) in [5.74, 6) is 2.10. The predicted molar refractivity (Wildman–Crippen MR) is 64.5 cm³/mol. The number of aryl methyl sites for hydroxylation is 1. The number of hydrogen-bond acceptors (Lipinski definition) is 2. The minimum absolute atomic E-state index is 0.631. The van der Waals surface area contributed by atoms with Crippen molar-refractivity contribution in [1.29, 1.82) is 0 Å². The molecule has 16 heavy (non-hydrogen) atoms. The highest BCUT2D eigenvalue weighted by atomic mass is 15.1. The Labute approximate surface area is 97.0 Å². The standard InChI is InChI=1S/C13H21N3/c14-8-7-11-5-2-6-12-9-15-13(16(11)12)10-3-1-4-10/h9-11H,1-8,14H2. The fourth-order valence-electron chi connectivity index (χ4n) is 3.10. The Morgan fingerprint density at radius 2 is 2.19 bits per heavy atom. The van der Waals surface area contributed by atoms with Crippen LogP contribution in [0.3, 0.4) is 0 Å². The second-order valence-corrected chi connectivity index (χ2v) is 5.23. The van der Waals surface area contributed by atoms with E-state index in [0.717, 1.165) is 18.9 Å². The van der Waals surface area contributed by atoms with Gasteiger partial charge in [0.15, 0.2) is 0 Å². The molecule has 0 bridgehead atoms. The molecular weight excluding hydrogens is 198 g/mol. The third-order valence-corrected chi connectivity index (χ3v) is 4.21. The first-order valence-corrected chi connectivity index (χ1v) is 6.66. The molecule has 0 spiro atoms. The normalized spacial score (nSPS) is 25.2. The molecule has 2 heterocycles. The number of nitrogens with zero attached hydrogens (tertiary/aromatic N) is 2. The van der Waals surface area contributed by atoms with E-state index in [9.17, 15) is 0 Å². The summed E-state index contributed by atoms with van der Waals surface area (Å²) in [6.45, 7) is 0.798. The molecule has 0 saturated heterocycles. The monoisotopic (exact) mass is 219 g/mol. The van der Waals surface area contributed by atoms with Gasteiger partial charge in [-0.2, -0.15) is 0 Å². The zero-order valence-corrected chi connectivity index (χ0v) is 9.86. The van der Waals surface area contributed by atoms with E-state index in [0.29, 0.717) is 6.04 Å². The maximum absolute atomic E-state index is 5.72. The topological polar surface area (TPSA) is 43.8 Å². The van der Waals surface area contributed by atoms with Crippen LogP contribution in [-0.2, 0) is 6.42 Å². The molecule has 1 fully saturated rings. The highest BCUT2D eigenvalue weighted by Gasteiger charge is 2.29. The number of imidazole rings is 1. The molecule has 2 N–H and O–H groups in total. The zero-order valence-electron chi connectivity index (χ0n) is 9.86. The first-order valence-electron chi connectivity index (χ1n) is 6.66. The van der Waals surface area contributed by atoms with Crippen LogP contribution in [0.15, 0.2) is 6.20 Å². The maximum atomic E-state index is 5.72. The molecule has 0 amide bonds. The van der Waals surface area contributed by atoms with Crippen molar-refractivity contribution < 1.29 is 0 Å². The average Bonchev–Trinajstić information content (AvgIpc) is 2.61. The predicted octanol–water partition coefficient (Wildman–Crippen LogP) is 2.38.